The number of carbonyl (C=O) groups excluding carboxylic acids is 1. The van der Waals surface area contributed by atoms with Gasteiger partial charge in [0.15, 0.2) is 0 Å². The molecule has 2 N–H and O–H groups in total. The first-order chi connectivity index (χ1) is 13.1. The topological polar surface area (TPSA) is 89.0 Å². The van der Waals surface area contributed by atoms with Crippen molar-refractivity contribution in [3.8, 4) is 5.75 Å². The van der Waals surface area contributed by atoms with Crippen LogP contribution in [0.4, 0.5) is 11.5 Å². The standard InChI is InChI=1S/C20H21N5O2/c1-3-27-17-9-7-15(8-10-17)25-20(26)18-12-19(24-14(2)23-18)22-13-16-6-4-5-11-21-16/h4-12H,3,13H2,1-2H3,(H,25,26)(H,22,23,24). The number of amides is 1. The number of nitrogens with zero attached hydrogens (tertiary/aromatic N) is 3. The summed E-state index contributed by atoms with van der Waals surface area (Å²) in [5, 5.41) is 6.00. The van der Waals surface area contributed by atoms with Gasteiger partial charge in [0, 0.05) is 18.0 Å². The summed E-state index contributed by atoms with van der Waals surface area (Å²) in [6.07, 6.45) is 1.73. The first-order valence-electron chi connectivity index (χ1n) is 8.67. The number of hydrogen-bond donors (Lipinski definition) is 2. The Morgan fingerprint density at radius 3 is 2.63 bits per heavy atom. The monoisotopic (exact) mass is 363 g/mol. The van der Waals surface area contributed by atoms with Gasteiger partial charge in [0.25, 0.3) is 5.91 Å². The van der Waals surface area contributed by atoms with Crippen molar-refractivity contribution in [2.45, 2.75) is 20.4 Å². The average Bonchev–Trinajstić information content (AvgIpc) is 2.68. The lowest BCUT2D eigenvalue weighted by Crippen LogP contribution is -2.16. The van der Waals surface area contributed by atoms with E-state index in [1.54, 1.807) is 31.3 Å². The molecule has 0 saturated heterocycles. The van der Waals surface area contributed by atoms with Crippen molar-refractivity contribution >= 4 is 17.4 Å². The molecule has 138 valence electrons. The van der Waals surface area contributed by atoms with E-state index in [2.05, 4.69) is 25.6 Å². The summed E-state index contributed by atoms with van der Waals surface area (Å²) in [5.74, 6) is 1.54. The minimum absolute atomic E-state index is 0.292. The van der Waals surface area contributed by atoms with Crippen LogP contribution in [0.2, 0.25) is 0 Å². The van der Waals surface area contributed by atoms with E-state index in [1.165, 1.54) is 0 Å². The molecule has 0 aliphatic heterocycles. The van der Waals surface area contributed by atoms with Crippen molar-refractivity contribution in [2.24, 2.45) is 0 Å². The number of ether oxygens (including phenoxy) is 1. The van der Waals surface area contributed by atoms with Crippen molar-refractivity contribution in [1.29, 1.82) is 0 Å². The summed E-state index contributed by atoms with van der Waals surface area (Å²) in [6.45, 7) is 4.78. The molecular formula is C20H21N5O2. The van der Waals surface area contributed by atoms with Gasteiger partial charge in [-0.1, -0.05) is 6.07 Å². The molecule has 0 fully saturated rings. The van der Waals surface area contributed by atoms with Gasteiger partial charge in [0.1, 0.15) is 23.1 Å². The molecule has 0 saturated carbocycles. The van der Waals surface area contributed by atoms with Crippen LogP contribution in [-0.4, -0.2) is 27.5 Å². The summed E-state index contributed by atoms with van der Waals surface area (Å²) >= 11 is 0. The number of pyridine rings is 1. The van der Waals surface area contributed by atoms with E-state index in [4.69, 9.17) is 4.74 Å². The van der Waals surface area contributed by atoms with E-state index in [-0.39, 0.29) is 5.91 Å². The summed E-state index contributed by atoms with van der Waals surface area (Å²) in [6, 6.07) is 14.5. The largest absolute Gasteiger partial charge is 0.494 e. The minimum Gasteiger partial charge on any atom is -0.494 e. The van der Waals surface area contributed by atoms with Crippen molar-refractivity contribution in [3.63, 3.8) is 0 Å². The molecule has 2 heterocycles. The molecule has 7 heteroatoms. The molecule has 3 rings (SSSR count). The molecule has 1 amide bonds. The van der Waals surface area contributed by atoms with Crippen molar-refractivity contribution in [2.75, 3.05) is 17.2 Å². The molecule has 2 aromatic heterocycles. The molecule has 0 aliphatic rings. The van der Waals surface area contributed by atoms with Gasteiger partial charge in [-0.3, -0.25) is 9.78 Å². The van der Waals surface area contributed by atoms with Crippen LogP contribution in [0.15, 0.2) is 54.7 Å². The molecule has 0 bridgehead atoms. The van der Waals surface area contributed by atoms with Crippen LogP contribution in [0.3, 0.4) is 0 Å². The Morgan fingerprint density at radius 2 is 1.93 bits per heavy atom. The van der Waals surface area contributed by atoms with Crippen LogP contribution in [0, 0.1) is 6.92 Å². The van der Waals surface area contributed by atoms with Crippen molar-refractivity contribution in [1.82, 2.24) is 15.0 Å². The van der Waals surface area contributed by atoms with Gasteiger partial charge >= 0.3 is 0 Å². The summed E-state index contributed by atoms with van der Waals surface area (Å²) in [5.41, 5.74) is 1.84. The van der Waals surface area contributed by atoms with Gasteiger partial charge in [-0.2, -0.15) is 0 Å². The smallest absolute Gasteiger partial charge is 0.274 e. The lowest BCUT2D eigenvalue weighted by atomic mass is 10.2. The molecular weight excluding hydrogens is 342 g/mol. The van der Waals surface area contributed by atoms with E-state index in [1.807, 2.05) is 37.3 Å². The van der Waals surface area contributed by atoms with E-state index < -0.39 is 0 Å². The predicted octanol–water partition coefficient (Wildman–Crippen LogP) is 3.44. The second-order valence-electron chi connectivity index (χ2n) is 5.77. The van der Waals surface area contributed by atoms with Gasteiger partial charge in [0.2, 0.25) is 0 Å². The van der Waals surface area contributed by atoms with E-state index in [0.29, 0.717) is 36.2 Å². The molecule has 27 heavy (non-hydrogen) atoms. The zero-order valence-corrected chi connectivity index (χ0v) is 15.3. The van der Waals surface area contributed by atoms with E-state index in [0.717, 1.165) is 11.4 Å². The quantitative estimate of drug-likeness (QED) is 0.668. The predicted molar refractivity (Wildman–Crippen MR) is 104 cm³/mol. The maximum atomic E-state index is 12.5. The number of benzene rings is 1. The maximum absolute atomic E-state index is 12.5. The zero-order valence-electron chi connectivity index (χ0n) is 15.3. The Labute approximate surface area is 157 Å². The first kappa shape index (κ1) is 18.3. The van der Waals surface area contributed by atoms with Crippen LogP contribution >= 0.6 is 0 Å². The van der Waals surface area contributed by atoms with Crippen LogP contribution in [0.5, 0.6) is 5.75 Å². The minimum atomic E-state index is -0.300. The second-order valence-corrected chi connectivity index (χ2v) is 5.77. The molecule has 7 nitrogen and oxygen atoms in total. The molecule has 1 aromatic carbocycles. The highest BCUT2D eigenvalue weighted by molar-refractivity contribution is 6.03. The Hall–Kier alpha value is -3.48. The number of rotatable bonds is 7. The fraction of sp³-hybridized carbons (Fsp3) is 0.200. The van der Waals surface area contributed by atoms with Crippen LogP contribution in [-0.2, 0) is 6.54 Å². The maximum Gasteiger partial charge on any atom is 0.274 e. The van der Waals surface area contributed by atoms with Crippen molar-refractivity contribution < 1.29 is 9.53 Å². The normalized spacial score (nSPS) is 10.3. The number of anilines is 2. The molecule has 3 aromatic rings. The first-order valence-corrected chi connectivity index (χ1v) is 8.67. The van der Waals surface area contributed by atoms with Crippen LogP contribution in [0.25, 0.3) is 0 Å². The van der Waals surface area contributed by atoms with Crippen LogP contribution in [0.1, 0.15) is 28.9 Å². The van der Waals surface area contributed by atoms with E-state index in [9.17, 15) is 4.79 Å². The lowest BCUT2D eigenvalue weighted by Gasteiger charge is -2.09. The third kappa shape index (κ3) is 5.24. The van der Waals surface area contributed by atoms with Crippen LogP contribution < -0.4 is 15.4 Å². The number of nitrogens with one attached hydrogen (secondary N) is 2. The Bertz CT molecular complexity index is 898. The Morgan fingerprint density at radius 1 is 1.11 bits per heavy atom. The molecule has 0 aliphatic carbocycles. The molecule has 0 unspecified atom stereocenters. The third-order valence-electron chi connectivity index (χ3n) is 3.67. The number of aryl methyl sites for hydroxylation is 1. The van der Waals surface area contributed by atoms with Gasteiger partial charge in [-0.05, 0) is 50.2 Å². The van der Waals surface area contributed by atoms with Gasteiger partial charge < -0.3 is 15.4 Å². The molecule has 0 spiro atoms. The SMILES string of the molecule is CCOc1ccc(NC(=O)c2cc(NCc3ccccn3)nc(C)n2)cc1. The second kappa shape index (κ2) is 8.75. The van der Waals surface area contributed by atoms with Gasteiger partial charge in [0.05, 0.1) is 18.8 Å². The summed E-state index contributed by atoms with van der Waals surface area (Å²) in [7, 11) is 0. The Balaban J connectivity index is 1.68. The lowest BCUT2D eigenvalue weighted by molar-refractivity contribution is 0.102. The average molecular weight is 363 g/mol. The zero-order chi connectivity index (χ0) is 19.1. The highest BCUT2D eigenvalue weighted by atomic mass is 16.5. The summed E-state index contributed by atoms with van der Waals surface area (Å²) in [4.78, 5) is 25.3. The summed E-state index contributed by atoms with van der Waals surface area (Å²) < 4.78 is 5.40. The fourth-order valence-corrected chi connectivity index (χ4v) is 2.45. The van der Waals surface area contributed by atoms with Crippen molar-refractivity contribution in [3.05, 3.63) is 71.9 Å². The number of carbonyl (C=O) groups is 1. The van der Waals surface area contributed by atoms with Gasteiger partial charge in [-0.25, -0.2) is 9.97 Å². The Kier molecular flexibility index (Phi) is 5.94. The molecule has 0 atom stereocenters. The highest BCUT2D eigenvalue weighted by Crippen LogP contribution is 2.17. The number of aromatic nitrogens is 3. The van der Waals surface area contributed by atoms with E-state index >= 15 is 0 Å². The highest BCUT2D eigenvalue weighted by Gasteiger charge is 2.11. The fourth-order valence-electron chi connectivity index (χ4n) is 2.45. The molecule has 0 radical (unpaired) electrons. The van der Waals surface area contributed by atoms with Gasteiger partial charge in [-0.15, -0.1) is 0 Å². The number of hydrogen-bond acceptors (Lipinski definition) is 6. The third-order valence-corrected chi connectivity index (χ3v) is 3.67.